The summed E-state index contributed by atoms with van der Waals surface area (Å²) in [6, 6.07) is 25.4. The second-order valence-electron chi connectivity index (χ2n) is 8.71. The van der Waals surface area contributed by atoms with Gasteiger partial charge in [0.25, 0.3) is 0 Å². The molecule has 0 aliphatic carbocycles. The van der Waals surface area contributed by atoms with Crippen molar-refractivity contribution in [2.45, 2.75) is 17.2 Å². The van der Waals surface area contributed by atoms with Crippen molar-refractivity contribution in [1.29, 1.82) is 0 Å². The lowest BCUT2D eigenvalue weighted by Crippen LogP contribution is -2.40. The van der Waals surface area contributed by atoms with Gasteiger partial charge in [-0.25, -0.2) is 8.42 Å². The van der Waals surface area contributed by atoms with Gasteiger partial charge in [0, 0.05) is 31.6 Å². The molecule has 0 aromatic heterocycles. The molecule has 0 radical (unpaired) electrons. The Balaban J connectivity index is 1.41. The Bertz CT molecular complexity index is 1270. The molecule has 0 atom stereocenters. The van der Waals surface area contributed by atoms with Crippen LogP contribution in [0.2, 0.25) is 0 Å². The van der Waals surface area contributed by atoms with Crippen LogP contribution in [0.25, 0.3) is 6.08 Å². The smallest absolute Gasteiger partial charge is 0.246 e. The molecule has 8 heteroatoms. The van der Waals surface area contributed by atoms with E-state index in [9.17, 15) is 13.2 Å². The Morgan fingerprint density at radius 1 is 1.00 bits per heavy atom. The standard InChI is InChI=1S/C29H32N2O5S/c1-35-27-14-12-23(22-28(27)37(33,34)31-18-20-36-21-19-31)13-15-29(32)30-17-16-26(24-8-4-2-5-9-24)25-10-6-3-7-11-25/h2-15,22,26H,16-21H2,1H3,(H,30,32)/b15-13+. The van der Waals surface area contributed by atoms with Crippen LogP contribution in [0.4, 0.5) is 0 Å². The van der Waals surface area contributed by atoms with Crippen LogP contribution in [0.5, 0.6) is 5.75 Å². The van der Waals surface area contributed by atoms with E-state index in [4.69, 9.17) is 9.47 Å². The third kappa shape index (κ3) is 6.85. The largest absolute Gasteiger partial charge is 0.495 e. The SMILES string of the molecule is COc1ccc(/C=C/C(=O)NCCC(c2ccccc2)c2ccccc2)cc1S(=O)(=O)N1CCOCC1. The number of hydrogen-bond acceptors (Lipinski definition) is 5. The molecule has 1 fully saturated rings. The Morgan fingerprint density at radius 2 is 1.62 bits per heavy atom. The fourth-order valence-electron chi connectivity index (χ4n) is 4.39. The van der Waals surface area contributed by atoms with Gasteiger partial charge in [-0.1, -0.05) is 66.7 Å². The number of nitrogens with one attached hydrogen (secondary N) is 1. The Hall–Kier alpha value is -3.46. The fraction of sp³-hybridized carbons (Fsp3) is 0.276. The van der Waals surface area contributed by atoms with Crippen LogP contribution in [0.3, 0.4) is 0 Å². The van der Waals surface area contributed by atoms with E-state index in [2.05, 4.69) is 29.6 Å². The lowest BCUT2D eigenvalue weighted by molar-refractivity contribution is -0.116. The Morgan fingerprint density at radius 3 is 2.22 bits per heavy atom. The highest BCUT2D eigenvalue weighted by Crippen LogP contribution is 2.29. The number of ether oxygens (including phenoxy) is 2. The van der Waals surface area contributed by atoms with Crippen LogP contribution in [0.15, 0.2) is 89.8 Å². The van der Waals surface area contributed by atoms with E-state index >= 15 is 0 Å². The molecule has 7 nitrogen and oxygen atoms in total. The van der Waals surface area contributed by atoms with E-state index in [0.717, 1.165) is 6.42 Å². The first kappa shape index (κ1) is 26.6. The summed E-state index contributed by atoms with van der Waals surface area (Å²) in [6.07, 6.45) is 3.78. The van der Waals surface area contributed by atoms with Crippen LogP contribution in [-0.4, -0.2) is 58.6 Å². The number of sulfonamides is 1. The number of rotatable bonds is 10. The van der Waals surface area contributed by atoms with Crippen molar-refractivity contribution in [1.82, 2.24) is 9.62 Å². The molecular formula is C29H32N2O5S. The summed E-state index contributed by atoms with van der Waals surface area (Å²) < 4.78 is 38.4. The number of nitrogens with zero attached hydrogens (tertiary/aromatic N) is 1. The monoisotopic (exact) mass is 520 g/mol. The van der Waals surface area contributed by atoms with Gasteiger partial charge in [0.2, 0.25) is 15.9 Å². The number of amides is 1. The summed E-state index contributed by atoms with van der Waals surface area (Å²) in [7, 11) is -2.31. The molecule has 0 saturated carbocycles. The van der Waals surface area contributed by atoms with Crippen molar-refractivity contribution in [3.63, 3.8) is 0 Å². The summed E-state index contributed by atoms with van der Waals surface area (Å²) in [5.41, 5.74) is 2.99. The maximum Gasteiger partial charge on any atom is 0.246 e. The highest BCUT2D eigenvalue weighted by molar-refractivity contribution is 7.89. The molecule has 4 rings (SSSR count). The van der Waals surface area contributed by atoms with E-state index in [0.29, 0.717) is 38.4 Å². The molecule has 3 aromatic rings. The van der Waals surface area contributed by atoms with Gasteiger partial charge < -0.3 is 14.8 Å². The van der Waals surface area contributed by atoms with Crippen LogP contribution < -0.4 is 10.1 Å². The number of hydrogen-bond donors (Lipinski definition) is 1. The van der Waals surface area contributed by atoms with Gasteiger partial charge in [-0.05, 0) is 41.3 Å². The van der Waals surface area contributed by atoms with E-state index in [1.165, 1.54) is 34.7 Å². The average molecular weight is 521 g/mol. The predicted octanol–water partition coefficient (Wildman–Crippen LogP) is 4.07. The van der Waals surface area contributed by atoms with Gasteiger partial charge in [0.1, 0.15) is 10.6 Å². The summed E-state index contributed by atoms with van der Waals surface area (Å²) in [6.45, 7) is 1.80. The van der Waals surface area contributed by atoms with Crippen molar-refractivity contribution in [2.75, 3.05) is 40.0 Å². The molecule has 3 aromatic carbocycles. The van der Waals surface area contributed by atoms with Gasteiger partial charge >= 0.3 is 0 Å². The molecule has 1 amide bonds. The minimum atomic E-state index is -3.75. The van der Waals surface area contributed by atoms with Crippen LogP contribution >= 0.6 is 0 Å². The predicted molar refractivity (Wildman–Crippen MR) is 144 cm³/mol. The molecule has 1 aliphatic rings. The molecule has 1 aliphatic heterocycles. The average Bonchev–Trinajstić information content (AvgIpc) is 2.95. The molecule has 0 spiro atoms. The highest BCUT2D eigenvalue weighted by atomic mass is 32.2. The summed E-state index contributed by atoms with van der Waals surface area (Å²) >= 11 is 0. The van der Waals surface area contributed by atoms with Crippen molar-refractivity contribution >= 4 is 22.0 Å². The van der Waals surface area contributed by atoms with Crippen LogP contribution in [0.1, 0.15) is 29.0 Å². The third-order valence-electron chi connectivity index (χ3n) is 6.34. The molecule has 0 bridgehead atoms. The number of methoxy groups -OCH3 is 1. The molecule has 194 valence electrons. The first-order chi connectivity index (χ1) is 18.0. The molecule has 0 unspecified atom stereocenters. The summed E-state index contributed by atoms with van der Waals surface area (Å²) in [4.78, 5) is 12.6. The first-order valence-electron chi connectivity index (χ1n) is 12.3. The number of morpholine rings is 1. The van der Waals surface area contributed by atoms with Gasteiger partial charge in [0.05, 0.1) is 20.3 Å². The number of carbonyl (C=O) groups excluding carboxylic acids is 1. The van der Waals surface area contributed by atoms with E-state index in [1.54, 1.807) is 18.2 Å². The van der Waals surface area contributed by atoms with Crippen molar-refractivity contribution < 1.29 is 22.7 Å². The molecule has 1 saturated heterocycles. The Kier molecular flexibility index (Phi) is 9.11. The van der Waals surface area contributed by atoms with E-state index in [1.807, 2.05) is 36.4 Å². The van der Waals surface area contributed by atoms with Crippen molar-refractivity contribution in [3.05, 3.63) is 102 Å². The van der Waals surface area contributed by atoms with Crippen LogP contribution in [0, 0.1) is 0 Å². The minimum absolute atomic E-state index is 0.0769. The van der Waals surface area contributed by atoms with Gasteiger partial charge in [0.15, 0.2) is 0 Å². The van der Waals surface area contributed by atoms with E-state index in [-0.39, 0.29) is 22.5 Å². The molecule has 37 heavy (non-hydrogen) atoms. The Labute approximate surface area is 218 Å². The first-order valence-corrected chi connectivity index (χ1v) is 13.7. The summed E-state index contributed by atoms with van der Waals surface area (Å²) in [5.74, 6) is 0.190. The quantitative estimate of drug-likeness (QED) is 0.408. The fourth-order valence-corrected chi connectivity index (χ4v) is 5.99. The minimum Gasteiger partial charge on any atom is -0.495 e. The number of carbonyl (C=O) groups is 1. The van der Waals surface area contributed by atoms with Gasteiger partial charge in [-0.3, -0.25) is 4.79 Å². The van der Waals surface area contributed by atoms with Crippen LogP contribution in [-0.2, 0) is 19.6 Å². The molecule has 1 heterocycles. The van der Waals surface area contributed by atoms with Crippen molar-refractivity contribution in [2.24, 2.45) is 0 Å². The molecule has 1 N–H and O–H groups in total. The maximum atomic E-state index is 13.2. The van der Waals surface area contributed by atoms with Gasteiger partial charge in [-0.15, -0.1) is 0 Å². The third-order valence-corrected chi connectivity index (χ3v) is 8.26. The van der Waals surface area contributed by atoms with Gasteiger partial charge in [-0.2, -0.15) is 4.31 Å². The number of benzene rings is 3. The summed E-state index contributed by atoms with van der Waals surface area (Å²) in [5, 5.41) is 2.95. The van der Waals surface area contributed by atoms with E-state index < -0.39 is 10.0 Å². The normalized spacial score (nSPS) is 14.6. The second kappa shape index (κ2) is 12.7. The highest BCUT2D eigenvalue weighted by Gasteiger charge is 2.29. The zero-order chi connectivity index (χ0) is 26.1. The second-order valence-corrected chi connectivity index (χ2v) is 10.6. The lowest BCUT2D eigenvalue weighted by atomic mass is 9.88. The molecular weight excluding hydrogens is 488 g/mol. The maximum absolute atomic E-state index is 13.2. The lowest BCUT2D eigenvalue weighted by Gasteiger charge is -2.26. The zero-order valence-electron chi connectivity index (χ0n) is 20.9. The topological polar surface area (TPSA) is 84.9 Å². The zero-order valence-corrected chi connectivity index (χ0v) is 21.7. The van der Waals surface area contributed by atoms with Crippen molar-refractivity contribution in [3.8, 4) is 5.75 Å².